The van der Waals surface area contributed by atoms with Crippen molar-refractivity contribution in [2.24, 2.45) is 0 Å². The van der Waals surface area contributed by atoms with Crippen LogP contribution in [0.15, 0.2) is 78.9 Å². The Morgan fingerprint density at radius 2 is 1.65 bits per heavy atom. The summed E-state index contributed by atoms with van der Waals surface area (Å²) in [5.41, 5.74) is 3.46. The van der Waals surface area contributed by atoms with Gasteiger partial charge in [-0.3, -0.25) is 19.8 Å². The zero-order valence-corrected chi connectivity index (χ0v) is 23.5. The van der Waals surface area contributed by atoms with Crippen LogP contribution in [0.3, 0.4) is 0 Å². The third-order valence-electron chi connectivity index (χ3n) is 6.89. The van der Waals surface area contributed by atoms with Crippen molar-refractivity contribution in [1.82, 2.24) is 15.0 Å². The number of carbonyl (C=O) groups excluding carboxylic acids is 1. The predicted octanol–water partition coefficient (Wildman–Crippen LogP) is 5.43. The lowest BCUT2D eigenvalue weighted by molar-refractivity contribution is -0.323. The summed E-state index contributed by atoms with van der Waals surface area (Å²) in [4.78, 5) is 20.3. The van der Waals surface area contributed by atoms with Crippen LogP contribution >= 0.6 is 11.6 Å². The van der Waals surface area contributed by atoms with Gasteiger partial charge in [0.15, 0.2) is 0 Å². The van der Waals surface area contributed by atoms with Gasteiger partial charge in [0.1, 0.15) is 12.4 Å². The van der Waals surface area contributed by atoms with E-state index in [0.717, 1.165) is 49.1 Å². The van der Waals surface area contributed by atoms with Gasteiger partial charge in [-0.1, -0.05) is 71.1 Å². The van der Waals surface area contributed by atoms with Crippen LogP contribution in [0, 0.1) is 11.8 Å². The van der Waals surface area contributed by atoms with E-state index in [-0.39, 0.29) is 23.8 Å². The first-order valence-electron chi connectivity index (χ1n) is 13.6. The molecule has 3 aromatic rings. The average molecular weight is 562 g/mol. The lowest BCUT2D eigenvalue weighted by atomic mass is 9.96. The Morgan fingerprint density at radius 3 is 2.33 bits per heavy atom. The van der Waals surface area contributed by atoms with Gasteiger partial charge in [-0.05, 0) is 60.9 Å². The van der Waals surface area contributed by atoms with Gasteiger partial charge in [0, 0.05) is 49.7 Å². The summed E-state index contributed by atoms with van der Waals surface area (Å²) in [5.74, 6) is 7.03. The number of nitrogens with zero attached hydrogens (tertiary/aromatic N) is 3. The second-order valence-corrected chi connectivity index (χ2v) is 10.2. The van der Waals surface area contributed by atoms with Gasteiger partial charge in [0.2, 0.25) is 0 Å². The number of rotatable bonds is 12. The Hall–Kier alpha value is -3.38. The van der Waals surface area contributed by atoms with E-state index in [0.29, 0.717) is 19.4 Å². The number of carbonyl (C=O) groups is 1. The molecule has 0 aromatic heterocycles. The molecule has 7 nitrogen and oxygen atoms in total. The number of ether oxygens (including phenoxy) is 1. The standard InChI is InChI=1S/C32H36ClN3O4/c1-26(40-36(38)25-37)7-5-6-8-27-11-17-31(18-12-27)39-24-23-34-19-21-35(22-20-34)32(28-9-3-2-4-10-28)29-13-15-30(33)16-14-29/h2-4,9-18,25-26,32,38H,5,7,19-24H2,1H3/t26?,32-/m1/s1. The topological polar surface area (TPSA) is 65.5 Å². The van der Waals surface area contributed by atoms with Gasteiger partial charge in [0.05, 0.1) is 12.1 Å². The summed E-state index contributed by atoms with van der Waals surface area (Å²) >= 11 is 6.16. The number of hydroxylamine groups is 2. The molecule has 1 unspecified atom stereocenters. The molecule has 210 valence electrons. The van der Waals surface area contributed by atoms with E-state index >= 15 is 0 Å². The zero-order valence-electron chi connectivity index (χ0n) is 22.8. The van der Waals surface area contributed by atoms with Crippen molar-refractivity contribution in [2.75, 3.05) is 39.3 Å². The third kappa shape index (κ3) is 9.09. The molecule has 1 N–H and O–H groups in total. The van der Waals surface area contributed by atoms with Crippen molar-refractivity contribution < 1.29 is 19.6 Å². The lowest BCUT2D eigenvalue weighted by Gasteiger charge is -2.39. The zero-order chi connectivity index (χ0) is 28.2. The molecule has 0 spiro atoms. The van der Waals surface area contributed by atoms with Crippen LogP contribution in [0.5, 0.6) is 5.75 Å². The molecule has 1 heterocycles. The summed E-state index contributed by atoms with van der Waals surface area (Å²) < 4.78 is 6.00. The highest BCUT2D eigenvalue weighted by atomic mass is 35.5. The largest absolute Gasteiger partial charge is 0.492 e. The molecule has 1 amide bonds. The fourth-order valence-corrected chi connectivity index (χ4v) is 4.89. The highest BCUT2D eigenvalue weighted by Gasteiger charge is 2.26. The molecule has 3 aromatic carbocycles. The molecule has 1 saturated heterocycles. The highest BCUT2D eigenvalue weighted by Crippen LogP contribution is 2.30. The van der Waals surface area contributed by atoms with E-state index in [4.69, 9.17) is 26.4 Å². The molecule has 0 bridgehead atoms. The number of halogens is 1. The molecule has 1 fully saturated rings. The first-order chi connectivity index (χ1) is 19.5. The lowest BCUT2D eigenvalue weighted by Crippen LogP contribution is -2.48. The van der Waals surface area contributed by atoms with Crippen LogP contribution in [0.4, 0.5) is 0 Å². The minimum absolute atomic E-state index is 0.182. The fourth-order valence-electron chi connectivity index (χ4n) is 4.77. The molecule has 4 rings (SSSR count). The minimum Gasteiger partial charge on any atom is -0.492 e. The van der Waals surface area contributed by atoms with Crippen LogP contribution in [0.2, 0.25) is 5.02 Å². The SMILES string of the molecule is CC(CCC#Cc1ccc(OCCN2CCN([C@H](c3ccccc3)c3ccc(Cl)cc3)CC2)cc1)ON(O)C=O. The first-order valence-corrected chi connectivity index (χ1v) is 14.0. The Morgan fingerprint density at radius 1 is 0.975 bits per heavy atom. The minimum atomic E-state index is -0.308. The summed E-state index contributed by atoms with van der Waals surface area (Å²) in [6.45, 7) is 7.22. The fraction of sp³-hybridized carbons (Fsp3) is 0.344. The number of hydrogen-bond donors (Lipinski definition) is 1. The van der Waals surface area contributed by atoms with Gasteiger partial charge < -0.3 is 4.74 Å². The molecule has 8 heteroatoms. The van der Waals surface area contributed by atoms with E-state index in [1.165, 1.54) is 11.1 Å². The monoisotopic (exact) mass is 561 g/mol. The predicted molar refractivity (Wildman–Crippen MR) is 156 cm³/mol. The molecule has 0 aliphatic carbocycles. The van der Waals surface area contributed by atoms with E-state index in [2.05, 4.69) is 64.1 Å². The summed E-state index contributed by atoms with van der Waals surface area (Å²) in [6.07, 6.45) is 1.08. The van der Waals surface area contributed by atoms with E-state index < -0.39 is 0 Å². The van der Waals surface area contributed by atoms with Gasteiger partial charge >= 0.3 is 0 Å². The Bertz CT molecular complexity index is 1240. The van der Waals surface area contributed by atoms with Crippen molar-refractivity contribution in [3.05, 3.63) is 101 Å². The molecule has 2 atom stereocenters. The molecule has 0 radical (unpaired) electrons. The molecule has 1 aliphatic heterocycles. The maximum atomic E-state index is 10.4. The average Bonchev–Trinajstić information content (AvgIpc) is 2.98. The number of piperazine rings is 1. The second-order valence-electron chi connectivity index (χ2n) is 9.78. The van der Waals surface area contributed by atoms with Crippen molar-refractivity contribution in [3.8, 4) is 17.6 Å². The second kappa shape index (κ2) is 15.4. The van der Waals surface area contributed by atoms with Crippen molar-refractivity contribution in [3.63, 3.8) is 0 Å². The molecular formula is C32H36ClN3O4. The Balaban J connectivity index is 1.20. The molecular weight excluding hydrogens is 526 g/mol. The van der Waals surface area contributed by atoms with Crippen LogP contribution < -0.4 is 4.74 Å². The third-order valence-corrected chi connectivity index (χ3v) is 7.14. The van der Waals surface area contributed by atoms with Crippen LogP contribution in [0.25, 0.3) is 0 Å². The maximum absolute atomic E-state index is 10.4. The van der Waals surface area contributed by atoms with Gasteiger partial charge in [0.25, 0.3) is 6.41 Å². The van der Waals surface area contributed by atoms with Gasteiger partial charge in [-0.2, -0.15) is 0 Å². The smallest absolute Gasteiger partial charge is 0.261 e. The quantitative estimate of drug-likeness (QED) is 0.138. The summed E-state index contributed by atoms with van der Waals surface area (Å²) in [6, 6.07) is 26.9. The van der Waals surface area contributed by atoms with Gasteiger partial charge in [-0.15, -0.1) is 0 Å². The Kier molecular flexibility index (Phi) is 11.4. The number of benzene rings is 3. The molecule has 1 aliphatic rings. The van der Waals surface area contributed by atoms with Gasteiger partial charge in [-0.25, -0.2) is 4.84 Å². The normalized spacial score (nSPS) is 15.5. The highest BCUT2D eigenvalue weighted by molar-refractivity contribution is 6.30. The van der Waals surface area contributed by atoms with Crippen LogP contribution in [-0.4, -0.2) is 72.1 Å². The van der Waals surface area contributed by atoms with Crippen LogP contribution in [-0.2, 0) is 9.63 Å². The van der Waals surface area contributed by atoms with E-state index in [1.54, 1.807) is 6.92 Å². The number of hydrogen-bond acceptors (Lipinski definition) is 6. The summed E-state index contributed by atoms with van der Waals surface area (Å²) in [5, 5.41) is 9.97. The van der Waals surface area contributed by atoms with E-state index in [1.807, 2.05) is 36.4 Å². The van der Waals surface area contributed by atoms with Crippen molar-refractivity contribution in [1.29, 1.82) is 0 Å². The summed E-state index contributed by atoms with van der Waals surface area (Å²) in [7, 11) is 0. The first kappa shape index (κ1) is 29.6. The van der Waals surface area contributed by atoms with Crippen molar-refractivity contribution in [2.45, 2.75) is 31.9 Å². The Labute approximate surface area is 241 Å². The number of amides is 1. The molecule has 0 saturated carbocycles. The van der Waals surface area contributed by atoms with E-state index in [9.17, 15) is 4.79 Å². The van der Waals surface area contributed by atoms with Crippen molar-refractivity contribution >= 4 is 18.0 Å². The van der Waals surface area contributed by atoms with Crippen LogP contribution in [0.1, 0.15) is 42.5 Å². The molecule has 40 heavy (non-hydrogen) atoms. The maximum Gasteiger partial charge on any atom is 0.261 e.